The second-order valence-corrected chi connectivity index (χ2v) is 8.38. The molecule has 0 saturated heterocycles. The standard InChI is InChI=1S/C24H33N3O2/c1-15(2)14-18-6-8-19(9-7-18)22(16(3)4)26-17(5)24(29)27-21-12-10-20(11-13-21)23(25)28/h6-13,15-17,22,26H,14H2,1-5H3,(H2,25,28)(H,27,29)/t17-,22+/m0/s1. The molecule has 2 atom stereocenters. The molecule has 0 unspecified atom stereocenters. The summed E-state index contributed by atoms with van der Waals surface area (Å²) in [6.07, 6.45) is 1.06. The van der Waals surface area contributed by atoms with Crippen LogP contribution in [0.15, 0.2) is 48.5 Å². The number of anilines is 1. The van der Waals surface area contributed by atoms with Crippen LogP contribution in [0.5, 0.6) is 0 Å². The van der Waals surface area contributed by atoms with Gasteiger partial charge in [-0.2, -0.15) is 0 Å². The van der Waals surface area contributed by atoms with E-state index in [1.165, 1.54) is 11.1 Å². The summed E-state index contributed by atoms with van der Waals surface area (Å²) >= 11 is 0. The van der Waals surface area contributed by atoms with Crippen LogP contribution in [0.4, 0.5) is 5.69 Å². The molecule has 5 heteroatoms. The molecule has 0 saturated carbocycles. The minimum Gasteiger partial charge on any atom is -0.366 e. The highest BCUT2D eigenvalue weighted by Gasteiger charge is 2.22. The van der Waals surface area contributed by atoms with Crippen molar-refractivity contribution in [1.82, 2.24) is 5.32 Å². The molecule has 0 aliphatic heterocycles. The van der Waals surface area contributed by atoms with Gasteiger partial charge >= 0.3 is 0 Å². The average Bonchev–Trinajstić information content (AvgIpc) is 2.66. The van der Waals surface area contributed by atoms with Crippen LogP contribution in [-0.2, 0) is 11.2 Å². The first-order valence-corrected chi connectivity index (χ1v) is 10.2. The Labute approximate surface area is 174 Å². The number of hydrogen-bond acceptors (Lipinski definition) is 3. The van der Waals surface area contributed by atoms with E-state index in [2.05, 4.69) is 62.6 Å². The number of hydrogen-bond donors (Lipinski definition) is 3. The number of amides is 2. The molecule has 0 bridgehead atoms. The van der Waals surface area contributed by atoms with Crippen LogP contribution in [0.25, 0.3) is 0 Å². The Balaban J connectivity index is 2.03. The van der Waals surface area contributed by atoms with Crippen molar-refractivity contribution in [2.24, 2.45) is 17.6 Å². The lowest BCUT2D eigenvalue weighted by molar-refractivity contribution is -0.118. The molecule has 2 rings (SSSR count). The average molecular weight is 396 g/mol. The molecule has 0 aromatic heterocycles. The van der Waals surface area contributed by atoms with E-state index in [0.29, 0.717) is 23.1 Å². The van der Waals surface area contributed by atoms with Gasteiger partial charge in [-0.3, -0.25) is 14.9 Å². The van der Waals surface area contributed by atoms with E-state index in [-0.39, 0.29) is 18.0 Å². The van der Waals surface area contributed by atoms with Gasteiger partial charge < -0.3 is 11.1 Å². The smallest absolute Gasteiger partial charge is 0.248 e. The number of nitrogens with two attached hydrogens (primary N) is 1. The highest BCUT2D eigenvalue weighted by molar-refractivity contribution is 5.96. The maximum Gasteiger partial charge on any atom is 0.248 e. The Morgan fingerprint density at radius 1 is 0.897 bits per heavy atom. The van der Waals surface area contributed by atoms with Crippen molar-refractivity contribution < 1.29 is 9.59 Å². The Bertz CT molecular complexity index is 811. The van der Waals surface area contributed by atoms with Gasteiger partial charge in [-0.1, -0.05) is 52.0 Å². The SMILES string of the molecule is CC(C)Cc1ccc([C@H](N[C@@H](C)C(=O)Nc2ccc(C(N)=O)cc2)C(C)C)cc1. The summed E-state index contributed by atoms with van der Waals surface area (Å²) < 4.78 is 0. The Morgan fingerprint density at radius 2 is 1.48 bits per heavy atom. The monoisotopic (exact) mass is 395 g/mol. The molecule has 0 spiro atoms. The van der Waals surface area contributed by atoms with Crippen molar-refractivity contribution in [2.75, 3.05) is 5.32 Å². The summed E-state index contributed by atoms with van der Waals surface area (Å²) in [5.41, 5.74) is 8.80. The van der Waals surface area contributed by atoms with Crippen molar-refractivity contribution >= 4 is 17.5 Å². The maximum absolute atomic E-state index is 12.6. The molecule has 0 aliphatic rings. The van der Waals surface area contributed by atoms with E-state index < -0.39 is 5.91 Å². The quantitative estimate of drug-likeness (QED) is 0.592. The van der Waals surface area contributed by atoms with Gasteiger partial charge in [-0.15, -0.1) is 0 Å². The zero-order valence-electron chi connectivity index (χ0n) is 18.0. The highest BCUT2D eigenvalue weighted by Crippen LogP contribution is 2.23. The fraction of sp³-hybridized carbons (Fsp3) is 0.417. The molecule has 29 heavy (non-hydrogen) atoms. The van der Waals surface area contributed by atoms with Crippen LogP contribution in [0.3, 0.4) is 0 Å². The fourth-order valence-electron chi connectivity index (χ4n) is 3.32. The Hall–Kier alpha value is -2.66. The van der Waals surface area contributed by atoms with Crippen molar-refractivity contribution in [1.29, 1.82) is 0 Å². The molecule has 0 fully saturated rings. The number of nitrogens with one attached hydrogen (secondary N) is 2. The zero-order valence-corrected chi connectivity index (χ0v) is 18.0. The number of rotatable bonds is 9. The molecule has 2 aromatic carbocycles. The van der Waals surface area contributed by atoms with Gasteiger partial charge in [0, 0.05) is 17.3 Å². The highest BCUT2D eigenvalue weighted by atomic mass is 16.2. The van der Waals surface area contributed by atoms with Crippen molar-refractivity contribution in [3.63, 3.8) is 0 Å². The molecular formula is C24H33N3O2. The lowest BCUT2D eigenvalue weighted by Gasteiger charge is -2.27. The summed E-state index contributed by atoms with van der Waals surface area (Å²) in [6, 6.07) is 14.9. The van der Waals surface area contributed by atoms with Gasteiger partial charge in [0.1, 0.15) is 0 Å². The normalized spacial score (nSPS) is 13.3. The molecule has 0 radical (unpaired) electrons. The summed E-state index contributed by atoms with van der Waals surface area (Å²) in [5.74, 6) is 0.340. The summed E-state index contributed by atoms with van der Waals surface area (Å²) in [6.45, 7) is 10.6. The molecule has 2 amide bonds. The van der Waals surface area contributed by atoms with Crippen molar-refractivity contribution in [3.05, 3.63) is 65.2 Å². The first-order valence-electron chi connectivity index (χ1n) is 10.2. The first-order chi connectivity index (χ1) is 13.7. The number of carbonyl (C=O) groups excluding carboxylic acids is 2. The zero-order chi connectivity index (χ0) is 21.6. The van der Waals surface area contributed by atoms with E-state index in [1.807, 2.05) is 6.92 Å². The van der Waals surface area contributed by atoms with E-state index in [9.17, 15) is 9.59 Å². The van der Waals surface area contributed by atoms with Crippen LogP contribution in [-0.4, -0.2) is 17.9 Å². The number of carbonyl (C=O) groups is 2. The second-order valence-electron chi connectivity index (χ2n) is 8.38. The lowest BCUT2D eigenvalue weighted by atomic mass is 9.93. The lowest BCUT2D eigenvalue weighted by Crippen LogP contribution is -2.41. The van der Waals surface area contributed by atoms with Crippen LogP contribution < -0.4 is 16.4 Å². The minimum absolute atomic E-state index is 0.0705. The van der Waals surface area contributed by atoms with E-state index in [1.54, 1.807) is 24.3 Å². The third-order valence-electron chi connectivity index (χ3n) is 4.91. The summed E-state index contributed by atoms with van der Waals surface area (Å²) in [4.78, 5) is 23.8. The topological polar surface area (TPSA) is 84.2 Å². The molecule has 4 N–H and O–H groups in total. The van der Waals surface area contributed by atoms with Crippen LogP contribution >= 0.6 is 0 Å². The molecule has 0 heterocycles. The minimum atomic E-state index is -0.489. The maximum atomic E-state index is 12.6. The second kappa shape index (κ2) is 10.2. The van der Waals surface area contributed by atoms with Gasteiger partial charge in [0.25, 0.3) is 0 Å². The third-order valence-corrected chi connectivity index (χ3v) is 4.91. The van der Waals surface area contributed by atoms with E-state index in [0.717, 1.165) is 6.42 Å². The predicted octanol–water partition coefficient (Wildman–Crippen LogP) is 4.30. The first kappa shape index (κ1) is 22.6. The van der Waals surface area contributed by atoms with Crippen LogP contribution in [0, 0.1) is 11.8 Å². The van der Waals surface area contributed by atoms with Gasteiger partial charge in [-0.25, -0.2) is 0 Å². The van der Waals surface area contributed by atoms with Gasteiger partial charge in [0.2, 0.25) is 11.8 Å². The van der Waals surface area contributed by atoms with E-state index in [4.69, 9.17) is 5.73 Å². The molecular weight excluding hydrogens is 362 g/mol. The predicted molar refractivity (Wildman–Crippen MR) is 119 cm³/mol. The summed E-state index contributed by atoms with van der Waals surface area (Å²) in [7, 11) is 0. The van der Waals surface area contributed by atoms with Gasteiger partial charge in [0.15, 0.2) is 0 Å². The van der Waals surface area contributed by atoms with Gasteiger partial charge in [-0.05, 0) is 60.6 Å². The van der Waals surface area contributed by atoms with E-state index >= 15 is 0 Å². The molecule has 156 valence electrons. The molecule has 0 aliphatic carbocycles. The number of primary amides is 1. The van der Waals surface area contributed by atoms with Crippen LogP contribution in [0.1, 0.15) is 62.1 Å². The summed E-state index contributed by atoms with van der Waals surface area (Å²) in [5, 5.41) is 6.34. The third kappa shape index (κ3) is 6.71. The Morgan fingerprint density at radius 3 is 1.97 bits per heavy atom. The number of benzene rings is 2. The van der Waals surface area contributed by atoms with Crippen LogP contribution in [0.2, 0.25) is 0 Å². The largest absolute Gasteiger partial charge is 0.366 e. The Kier molecular flexibility index (Phi) is 7.97. The van der Waals surface area contributed by atoms with Crippen molar-refractivity contribution in [2.45, 2.75) is 53.1 Å². The molecule has 5 nitrogen and oxygen atoms in total. The van der Waals surface area contributed by atoms with Crippen molar-refractivity contribution in [3.8, 4) is 0 Å². The van der Waals surface area contributed by atoms with Gasteiger partial charge in [0.05, 0.1) is 6.04 Å². The fourth-order valence-corrected chi connectivity index (χ4v) is 3.32. The molecule has 2 aromatic rings.